The number of carbonyl (C=O) groups is 1. The van der Waals surface area contributed by atoms with Gasteiger partial charge in [0.2, 0.25) is 0 Å². The predicted molar refractivity (Wildman–Crippen MR) is 96.7 cm³/mol. The fourth-order valence-electron chi connectivity index (χ4n) is 3.24. The average molecular weight is 333 g/mol. The molecule has 0 aliphatic heterocycles. The van der Waals surface area contributed by atoms with Gasteiger partial charge in [-0.1, -0.05) is 37.6 Å². The molecule has 2 rings (SSSR count). The van der Waals surface area contributed by atoms with Gasteiger partial charge in [-0.2, -0.15) is 0 Å². The third kappa shape index (κ3) is 5.49. The minimum absolute atomic E-state index is 0.0785. The molecule has 2 unspecified atom stereocenters. The van der Waals surface area contributed by atoms with E-state index in [9.17, 15) is 9.90 Å². The van der Waals surface area contributed by atoms with Crippen molar-refractivity contribution in [3.8, 4) is 0 Å². The van der Waals surface area contributed by atoms with Gasteiger partial charge in [-0.3, -0.25) is 0 Å². The van der Waals surface area contributed by atoms with Gasteiger partial charge in [-0.05, 0) is 37.6 Å². The molecule has 0 heterocycles. The quantitative estimate of drug-likeness (QED) is 0.806. The fraction of sp³-hybridized carbons (Fsp3) is 0.632. The molecule has 1 aliphatic rings. The van der Waals surface area contributed by atoms with Crippen molar-refractivity contribution in [2.75, 3.05) is 27.2 Å². The van der Waals surface area contributed by atoms with Crippen LogP contribution in [0.5, 0.6) is 0 Å². The zero-order chi connectivity index (χ0) is 17.5. The summed E-state index contributed by atoms with van der Waals surface area (Å²) in [4.78, 5) is 16.2. The van der Waals surface area contributed by atoms with Gasteiger partial charge in [0, 0.05) is 32.6 Å². The van der Waals surface area contributed by atoms with Gasteiger partial charge >= 0.3 is 6.03 Å². The summed E-state index contributed by atoms with van der Waals surface area (Å²) in [5.41, 5.74) is 2.37. The average Bonchev–Trinajstić information content (AvgIpc) is 2.97. The van der Waals surface area contributed by atoms with E-state index in [1.807, 2.05) is 12.1 Å². The Hall–Kier alpha value is -1.59. The molecule has 2 atom stereocenters. The molecule has 5 heteroatoms. The highest BCUT2D eigenvalue weighted by Gasteiger charge is 2.27. The summed E-state index contributed by atoms with van der Waals surface area (Å²) < 4.78 is 0. The maximum Gasteiger partial charge on any atom is 0.317 e. The van der Waals surface area contributed by atoms with Crippen LogP contribution in [0.3, 0.4) is 0 Å². The van der Waals surface area contributed by atoms with Gasteiger partial charge in [-0.25, -0.2) is 4.79 Å². The number of amides is 2. The lowest BCUT2D eigenvalue weighted by molar-refractivity contribution is 0.114. The lowest BCUT2D eigenvalue weighted by atomic mass is 10.1. The Balaban J connectivity index is 1.81. The number of aliphatic hydroxyl groups is 1. The zero-order valence-corrected chi connectivity index (χ0v) is 15.2. The van der Waals surface area contributed by atoms with Gasteiger partial charge in [0.05, 0.1) is 6.10 Å². The van der Waals surface area contributed by atoms with Crippen LogP contribution in [-0.4, -0.2) is 54.2 Å². The van der Waals surface area contributed by atoms with Crippen LogP contribution in [0.15, 0.2) is 24.3 Å². The van der Waals surface area contributed by atoms with E-state index in [0.29, 0.717) is 13.1 Å². The van der Waals surface area contributed by atoms with Crippen molar-refractivity contribution in [3.63, 3.8) is 0 Å². The van der Waals surface area contributed by atoms with Crippen molar-refractivity contribution in [2.45, 2.75) is 45.4 Å². The second kappa shape index (κ2) is 9.04. The zero-order valence-electron chi connectivity index (χ0n) is 15.2. The van der Waals surface area contributed by atoms with Crippen LogP contribution in [0.1, 0.15) is 37.3 Å². The second-order valence-electron chi connectivity index (χ2n) is 6.95. The van der Waals surface area contributed by atoms with Crippen LogP contribution in [0.25, 0.3) is 0 Å². The number of nitrogens with zero attached hydrogens (tertiary/aromatic N) is 2. The monoisotopic (exact) mass is 333 g/mol. The number of hydrogen-bond donors (Lipinski definition) is 2. The van der Waals surface area contributed by atoms with Crippen LogP contribution in [0.2, 0.25) is 0 Å². The molecule has 134 valence electrons. The summed E-state index contributed by atoms with van der Waals surface area (Å²) in [6, 6.07) is 8.26. The van der Waals surface area contributed by atoms with Crippen LogP contribution >= 0.6 is 0 Å². The van der Waals surface area contributed by atoms with Crippen molar-refractivity contribution in [2.24, 2.45) is 5.92 Å². The number of nitrogens with one attached hydrogen (secondary N) is 1. The topological polar surface area (TPSA) is 55.8 Å². The van der Waals surface area contributed by atoms with Crippen molar-refractivity contribution >= 4 is 6.03 Å². The Morgan fingerprint density at radius 1 is 1.29 bits per heavy atom. The molecule has 0 aromatic heterocycles. The van der Waals surface area contributed by atoms with Gasteiger partial charge in [0.25, 0.3) is 0 Å². The Labute approximate surface area is 145 Å². The molecule has 0 bridgehead atoms. The number of urea groups is 1. The van der Waals surface area contributed by atoms with Crippen molar-refractivity contribution in [3.05, 3.63) is 35.4 Å². The molecule has 0 spiro atoms. The third-order valence-corrected chi connectivity index (χ3v) is 4.90. The highest BCUT2D eigenvalue weighted by Crippen LogP contribution is 2.25. The number of hydrogen-bond acceptors (Lipinski definition) is 3. The molecule has 0 saturated heterocycles. The first-order chi connectivity index (χ1) is 11.5. The summed E-state index contributed by atoms with van der Waals surface area (Å²) in [6.45, 7) is 5.21. The van der Waals surface area contributed by atoms with E-state index in [-0.39, 0.29) is 18.1 Å². The Kier molecular flexibility index (Phi) is 7.06. The van der Waals surface area contributed by atoms with Crippen molar-refractivity contribution in [1.82, 2.24) is 15.1 Å². The molecule has 0 radical (unpaired) electrons. The Morgan fingerprint density at radius 2 is 2.04 bits per heavy atom. The van der Waals surface area contributed by atoms with Gasteiger partial charge in [-0.15, -0.1) is 0 Å². The second-order valence-corrected chi connectivity index (χ2v) is 6.95. The Bertz CT molecular complexity index is 535. The smallest absolute Gasteiger partial charge is 0.317 e. The summed E-state index contributed by atoms with van der Waals surface area (Å²) in [5.74, 6) is 0.216. The minimum atomic E-state index is -0.257. The molecule has 5 nitrogen and oxygen atoms in total. The third-order valence-electron chi connectivity index (χ3n) is 4.90. The van der Waals surface area contributed by atoms with E-state index in [0.717, 1.165) is 37.9 Å². The molecule has 1 fully saturated rings. The number of carbonyl (C=O) groups excluding carboxylic acids is 1. The normalized spacial score (nSPS) is 20.4. The first-order valence-corrected chi connectivity index (χ1v) is 8.93. The first kappa shape index (κ1) is 18.7. The maximum absolute atomic E-state index is 12.2. The van der Waals surface area contributed by atoms with Gasteiger partial charge < -0.3 is 20.2 Å². The van der Waals surface area contributed by atoms with E-state index >= 15 is 0 Å². The summed E-state index contributed by atoms with van der Waals surface area (Å²) >= 11 is 0. The standard InChI is InChI=1S/C19H31N3O2/c1-4-21(2)13-16-8-5-7-15(11-16)12-20-19(24)22(3)14-17-9-6-10-18(17)23/h5,7-8,11,17-18,23H,4,6,9-10,12-14H2,1-3H3,(H,20,24). The van der Waals surface area contributed by atoms with E-state index in [2.05, 4.69) is 36.3 Å². The molecule has 2 N–H and O–H groups in total. The summed E-state index contributed by atoms with van der Waals surface area (Å²) in [7, 11) is 3.90. The van der Waals surface area contributed by atoms with Gasteiger partial charge in [0.1, 0.15) is 0 Å². The molecule has 1 aromatic rings. The fourth-order valence-corrected chi connectivity index (χ4v) is 3.24. The van der Waals surface area contributed by atoms with Crippen molar-refractivity contribution < 1.29 is 9.90 Å². The molecule has 1 aliphatic carbocycles. The highest BCUT2D eigenvalue weighted by molar-refractivity contribution is 5.73. The largest absolute Gasteiger partial charge is 0.393 e. The van der Waals surface area contributed by atoms with Crippen LogP contribution in [0.4, 0.5) is 4.79 Å². The summed E-state index contributed by atoms with van der Waals surface area (Å²) in [5, 5.41) is 12.9. The SMILES string of the molecule is CCN(C)Cc1cccc(CNC(=O)N(C)CC2CCCC2O)c1. The molecule has 24 heavy (non-hydrogen) atoms. The van der Waals surface area contributed by atoms with Crippen LogP contribution in [0, 0.1) is 5.92 Å². The van der Waals surface area contributed by atoms with Crippen LogP contribution in [-0.2, 0) is 13.1 Å². The number of aliphatic hydroxyl groups excluding tert-OH is 1. The first-order valence-electron chi connectivity index (χ1n) is 8.93. The van der Waals surface area contributed by atoms with Crippen LogP contribution < -0.4 is 5.32 Å². The highest BCUT2D eigenvalue weighted by atomic mass is 16.3. The summed E-state index contributed by atoms with van der Waals surface area (Å²) in [6.07, 6.45) is 2.66. The van der Waals surface area contributed by atoms with E-state index in [4.69, 9.17) is 0 Å². The molecular weight excluding hydrogens is 302 g/mol. The van der Waals surface area contributed by atoms with E-state index < -0.39 is 0 Å². The lowest BCUT2D eigenvalue weighted by Gasteiger charge is -2.23. The van der Waals surface area contributed by atoms with E-state index in [1.165, 1.54) is 5.56 Å². The van der Waals surface area contributed by atoms with Crippen molar-refractivity contribution in [1.29, 1.82) is 0 Å². The maximum atomic E-state index is 12.2. The molecule has 1 aromatic carbocycles. The Morgan fingerprint density at radius 3 is 2.71 bits per heavy atom. The molecule has 1 saturated carbocycles. The van der Waals surface area contributed by atoms with Gasteiger partial charge in [0.15, 0.2) is 0 Å². The number of benzene rings is 1. The predicted octanol–water partition coefficient (Wildman–Crippen LogP) is 2.44. The molecule has 2 amide bonds. The van der Waals surface area contributed by atoms with E-state index in [1.54, 1.807) is 11.9 Å². The number of rotatable bonds is 7. The molecular formula is C19H31N3O2. The lowest BCUT2D eigenvalue weighted by Crippen LogP contribution is -2.40. The minimum Gasteiger partial charge on any atom is -0.393 e.